The van der Waals surface area contributed by atoms with Crippen LogP contribution in [0.2, 0.25) is 0 Å². The van der Waals surface area contributed by atoms with Crippen LogP contribution in [-0.2, 0) is 59.7 Å². The van der Waals surface area contributed by atoms with E-state index in [1.807, 2.05) is 22.9 Å². The maximum Gasteiger partial charge on any atom is 1.00 e. The summed E-state index contributed by atoms with van der Waals surface area (Å²) in [5, 5.41) is 11.5. The van der Waals surface area contributed by atoms with Crippen LogP contribution in [0, 0.1) is 11.3 Å². The van der Waals surface area contributed by atoms with Gasteiger partial charge in [0.1, 0.15) is 15.4 Å². The number of amides is 4. The van der Waals surface area contributed by atoms with Crippen molar-refractivity contribution in [1.29, 1.82) is 5.26 Å². The van der Waals surface area contributed by atoms with E-state index in [4.69, 9.17) is 9.81 Å². The molecule has 0 spiro atoms. The van der Waals surface area contributed by atoms with Crippen LogP contribution in [0.25, 0.3) is 0 Å². The van der Waals surface area contributed by atoms with Crippen LogP contribution in [0.15, 0.2) is 88.1 Å². The summed E-state index contributed by atoms with van der Waals surface area (Å²) in [5.74, 6) is -6.17. The first-order chi connectivity index (χ1) is 24.7. The van der Waals surface area contributed by atoms with Gasteiger partial charge in [-0.3, -0.25) is 28.3 Å². The molecule has 0 fully saturated rings. The molecule has 0 radical (unpaired) electrons. The molecule has 0 aromatic carbocycles. The summed E-state index contributed by atoms with van der Waals surface area (Å²) < 4.78 is 131. The minimum Gasteiger partial charge on any atom is -0.748 e. The maximum absolute atomic E-state index is 11.6. The van der Waals surface area contributed by atoms with Crippen molar-refractivity contribution >= 4 is 64.1 Å². The molecule has 0 rings (SSSR count). The Balaban J connectivity index is -0.000000142. The Labute approximate surface area is 385 Å². The van der Waals surface area contributed by atoms with E-state index in [0.717, 1.165) is 37.6 Å². The first-order valence-electron chi connectivity index (χ1n) is 14.5. The van der Waals surface area contributed by atoms with E-state index in [1.54, 1.807) is 12.1 Å². The zero-order valence-electron chi connectivity index (χ0n) is 32.1. The molecule has 58 heavy (non-hydrogen) atoms. The minimum atomic E-state index is -5.20. The van der Waals surface area contributed by atoms with Gasteiger partial charge in [0.2, 0.25) is 23.6 Å². The van der Waals surface area contributed by atoms with Crippen LogP contribution in [0.5, 0.6) is 0 Å². The molecule has 0 aliphatic rings. The van der Waals surface area contributed by atoms with Gasteiger partial charge < -0.3 is 30.4 Å². The molecule has 0 aliphatic heterocycles. The summed E-state index contributed by atoms with van der Waals surface area (Å²) in [6.07, 6.45) is 5.96. The van der Waals surface area contributed by atoms with Crippen LogP contribution in [0.1, 0.15) is 28.2 Å². The Kier molecular flexibility index (Phi) is 38.5. The van der Waals surface area contributed by atoms with Crippen molar-refractivity contribution in [2.24, 2.45) is 0 Å². The Bertz CT molecular complexity index is 1830. The molecule has 0 saturated heterocycles. The predicted molar refractivity (Wildman–Crippen MR) is 207 cm³/mol. The van der Waals surface area contributed by atoms with Gasteiger partial charge >= 0.3 is 59.1 Å². The summed E-state index contributed by atoms with van der Waals surface area (Å²) in [6.45, 7) is 24.8. The molecule has 4 unspecified atom stereocenters. The van der Waals surface area contributed by atoms with Crippen molar-refractivity contribution in [2.75, 3.05) is 24.6 Å². The third-order valence-corrected chi connectivity index (χ3v) is 10.7. The number of allylic oxidation sites excluding steroid dienone is 3. The van der Waals surface area contributed by atoms with Crippen molar-refractivity contribution in [3.63, 3.8) is 0 Å². The van der Waals surface area contributed by atoms with Crippen LogP contribution in [0.3, 0.4) is 0 Å². The van der Waals surface area contributed by atoms with Gasteiger partial charge in [-0.1, -0.05) is 65.1 Å². The van der Waals surface area contributed by atoms with Gasteiger partial charge in [0, 0.05) is 19.2 Å². The van der Waals surface area contributed by atoms with E-state index >= 15 is 0 Å². The zero-order valence-corrected chi connectivity index (χ0v) is 39.4. The molecule has 0 heterocycles. The smallest absolute Gasteiger partial charge is 0.748 e. The van der Waals surface area contributed by atoms with Crippen LogP contribution in [-0.4, -0.2) is 122 Å². The first-order valence-corrected chi connectivity index (χ1v) is 20.6. The van der Waals surface area contributed by atoms with Gasteiger partial charge in [-0.25, -0.2) is 16.8 Å². The molecule has 4 amide bonds. The number of hydrogen-bond acceptors (Lipinski definition) is 15. The molecule has 320 valence electrons. The van der Waals surface area contributed by atoms with Crippen molar-refractivity contribution in [3.05, 3.63) is 88.1 Å². The van der Waals surface area contributed by atoms with E-state index in [2.05, 4.69) is 51.4 Å². The van der Waals surface area contributed by atoms with E-state index < -0.39 is 110 Å². The number of carbonyl (C=O) groups is 4. The number of nitrogens with one attached hydrogen (secondary N) is 4. The third kappa shape index (κ3) is 35.2. The van der Waals surface area contributed by atoms with Gasteiger partial charge in [0.15, 0.2) is 0 Å². The Morgan fingerprint density at radius 2 is 0.983 bits per heavy atom. The molecule has 4 atom stereocenters. The largest absolute Gasteiger partial charge is 1.00 e. The van der Waals surface area contributed by atoms with Gasteiger partial charge in [-0.05, 0) is 45.1 Å². The molecular formula is C31H49N5Na2O16S4. The molecular weight excluding hydrogens is 873 g/mol. The Hall–Kier alpha value is -2.81. The topological polar surface area (TPSA) is 363 Å². The first kappa shape index (κ1) is 69.8. The number of nitriles is 1. The van der Waals surface area contributed by atoms with Crippen LogP contribution in [0.4, 0.5) is 0 Å². The third-order valence-electron chi connectivity index (χ3n) is 6.01. The van der Waals surface area contributed by atoms with Crippen molar-refractivity contribution < 1.29 is 130 Å². The average molecular weight is 922 g/mol. The molecule has 0 aromatic heterocycles. The summed E-state index contributed by atoms with van der Waals surface area (Å²) in [5.41, 5.74) is -3.41. The van der Waals surface area contributed by atoms with E-state index in [1.165, 1.54) is 6.08 Å². The summed E-state index contributed by atoms with van der Waals surface area (Å²) in [6, 6.07) is 1.69. The standard InChI is InChI=1S/2C11H18N2O8S2.C5H8.C3H3N.CH4.2Na/c2*1-4-9(14)12-6-8(23(19,20)21)11(3,7-22(16,17)18)13-10(15)5-2;1-4-5(2)3;1-2-3-4;;;/h2*4-5,8H,1-2,6-7H2,3H3,(H,12,14)(H,13,15)(H,16,17,18)(H,19,20,21);4H,1-2H2,3H3;2H,1H2;1H4;;/q;;;;;2*+1/p-2. The van der Waals surface area contributed by atoms with Crippen molar-refractivity contribution in [1.82, 2.24) is 21.3 Å². The molecule has 0 bridgehead atoms. The van der Waals surface area contributed by atoms with Gasteiger partial charge in [-0.15, -0.1) is 0 Å². The summed E-state index contributed by atoms with van der Waals surface area (Å²) >= 11 is 0. The fourth-order valence-electron chi connectivity index (χ4n) is 3.67. The molecule has 0 aromatic rings. The number of rotatable bonds is 19. The summed E-state index contributed by atoms with van der Waals surface area (Å²) in [4.78, 5) is 45.1. The van der Waals surface area contributed by atoms with Gasteiger partial charge in [0.25, 0.3) is 20.2 Å². The molecule has 21 nitrogen and oxygen atoms in total. The Morgan fingerprint density at radius 3 is 1.19 bits per heavy atom. The monoisotopic (exact) mass is 921 g/mol. The minimum absolute atomic E-state index is 0. The normalized spacial score (nSPS) is 13.3. The SMILES string of the molecule is C.C=CC#N.C=CC(=C)C.C=CC(=O)NCC(C(C)(CS(=O)(=O)O)NC(=O)C=C)S(=O)(=O)O.C=CC(=O)NCC(C(C)(CS(=O)(=O)[O-])NC(=O)C=C)S(=O)(=O)[O-].[Na+].[Na+]. The van der Waals surface area contributed by atoms with Crippen LogP contribution >= 0.6 is 0 Å². The van der Waals surface area contributed by atoms with Crippen LogP contribution < -0.4 is 80.4 Å². The van der Waals surface area contributed by atoms with Crippen molar-refractivity contribution in [3.8, 4) is 6.07 Å². The second-order valence-electron chi connectivity index (χ2n) is 10.9. The average Bonchev–Trinajstić information content (AvgIpc) is 3.01. The second kappa shape index (κ2) is 32.0. The molecule has 0 saturated carbocycles. The number of hydrogen-bond donors (Lipinski definition) is 6. The van der Waals surface area contributed by atoms with E-state index in [-0.39, 0.29) is 66.5 Å². The fraction of sp³-hybridized carbons (Fsp3) is 0.387. The van der Waals surface area contributed by atoms with Gasteiger partial charge in [0.05, 0.1) is 44.0 Å². The number of nitrogens with zero attached hydrogens (tertiary/aromatic N) is 1. The molecule has 27 heteroatoms. The maximum atomic E-state index is 11.6. The number of carbonyl (C=O) groups excluding carboxylic acids is 4. The molecule has 0 aliphatic carbocycles. The summed E-state index contributed by atoms with van der Waals surface area (Å²) in [7, 11) is -19.9. The Morgan fingerprint density at radius 1 is 0.690 bits per heavy atom. The fourth-order valence-corrected chi connectivity index (χ4v) is 8.08. The quantitative estimate of drug-likeness (QED) is 0.0231. The van der Waals surface area contributed by atoms with E-state index in [0.29, 0.717) is 6.08 Å². The predicted octanol–water partition coefficient (Wildman–Crippen LogP) is -6.61. The van der Waals surface area contributed by atoms with Gasteiger partial charge in [-0.2, -0.15) is 22.1 Å². The van der Waals surface area contributed by atoms with Crippen molar-refractivity contribution in [2.45, 2.75) is 49.8 Å². The van der Waals surface area contributed by atoms with E-state index in [9.17, 15) is 66.5 Å². The second-order valence-corrected chi connectivity index (χ2v) is 16.9. The zero-order chi connectivity index (χ0) is 44.6. The molecule has 6 N–H and O–H groups in total.